The number of methoxy groups -OCH3 is 2. The Morgan fingerprint density at radius 1 is 1.12 bits per heavy atom. The summed E-state index contributed by atoms with van der Waals surface area (Å²) in [5.74, 6) is 1.41. The van der Waals surface area contributed by atoms with Gasteiger partial charge in [0.25, 0.3) is 0 Å². The van der Waals surface area contributed by atoms with Crippen molar-refractivity contribution in [3.63, 3.8) is 0 Å². The standard InChI is InChI=1S/C20H24O4/c1-13(2)12-24-19(21)10-14(3)17-11-18(22-4)15-8-6-7-9-16(15)20(17)23-5/h6-11,13H,12H2,1-5H3/b14-10+. The van der Waals surface area contributed by atoms with E-state index in [9.17, 15) is 4.79 Å². The lowest BCUT2D eigenvalue weighted by atomic mass is 9.99. The molecule has 0 amide bonds. The monoisotopic (exact) mass is 328 g/mol. The molecule has 0 fully saturated rings. The summed E-state index contributed by atoms with van der Waals surface area (Å²) in [5.41, 5.74) is 1.58. The Morgan fingerprint density at radius 2 is 1.79 bits per heavy atom. The van der Waals surface area contributed by atoms with Gasteiger partial charge in [-0.15, -0.1) is 0 Å². The molecule has 2 aromatic carbocycles. The average molecular weight is 328 g/mol. The largest absolute Gasteiger partial charge is 0.496 e. The van der Waals surface area contributed by atoms with Gasteiger partial charge in [-0.25, -0.2) is 4.79 Å². The predicted octanol–water partition coefficient (Wildman–Crippen LogP) is 4.46. The van der Waals surface area contributed by atoms with Crippen molar-refractivity contribution in [3.8, 4) is 11.5 Å². The van der Waals surface area contributed by atoms with Crippen LogP contribution >= 0.6 is 0 Å². The topological polar surface area (TPSA) is 44.8 Å². The first-order valence-electron chi connectivity index (χ1n) is 7.97. The van der Waals surface area contributed by atoms with Gasteiger partial charge in [-0.2, -0.15) is 0 Å². The number of hydrogen-bond donors (Lipinski definition) is 0. The van der Waals surface area contributed by atoms with Crippen molar-refractivity contribution < 1.29 is 19.0 Å². The highest BCUT2D eigenvalue weighted by Crippen LogP contribution is 2.39. The van der Waals surface area contributed by atoms with Gasteiger partial charge in [0, 0.05) is 22.4 Å². The third-order valence-corrected chi connectivity index (χ3v) is 3.70. The van der Waals surface area contributed by atoms with E-state index in [1.165, 1.54) is 6.08 Å². The zero-order chi connectivity index (χ0) is 17.7. The summed E-state index contributed by atoms with van der Waals surface area (Å²) in [6.07, 6.45) is 1.49. The van der Waals surface area contributed by atoms with E-state index in [0.29, 0.717) is 12.5 Å². The number of carbonyl (C=O) groups is 1. The zero-order valence-corrected chi connectivity index (χ0v) is 14.9. The van der Waals surface area contributed by atoms with Gasteiger partial charge in [0.15, 0.2) is 0 Å². The highest BCUT2D eigenvalue weighted by atomic mass is 16.5. The number of carbonyl (C=O) groups excluding carboxylic acids is 1. The van der Waals surface area contributed by atoms with E-state index in [1.54, 1.807) is 14.2 Å². The van der Waals surface area contributed by atoms with E-state index in [2.05, 4.69) is 0 Å². The molecule has 0 unspecified atom stereocenters. The van der Waals surface area contributed by atoms with Gasteiger partial charge < -0.3 is 14.2 Å². The lowest BCUT2D eigenvalue weighted by molar-refractivity contribution is -0.138. The molecular formula is C20H24O4. The van der Waals surface area contributed by atoms with Crippen molar-refractivity contribution in [1.82, 2.24) is 0 Å². The minimum absolute atomic E-state index is 0.304. The van der Waals surface area contributed by atoms with Crippen LogP contribution in [0.2, 0.25) is 0 Å². The van der Waals surface area contributed by atoms with Gasteiger partial charge in [0.1, 0.15) is 11.5 Å². The summed E-state index contributed by atoms with van der Waals surface area (Å²) in [4.78, 5) is 12.0. The van der Waals surface area contributed by atoms with Gasteiger partial charge in [0.05, 0.1) is 20.8 Å². The molecule has 0 aromatic heterocycles. The number of rotatable bonds is 6. The molecule has 0 aliphatic heterocycles. The summed E-state index contributed by atoms with van der Waals surface area (Å²) < 4.78 is 16.3. The van der Waals surface area contributed by atoms with Gasteiger partial charge in [0.2, 0.25) is 0 Å². The lowest BCUT2D eigenvalue weighted by Crippen LogP contribution is -2.07. The van der Waals surface area contributed by atoms with Gasteiger partial charge in [-0.1, -0.05) is 38.1 Å². The van der Waals surface area contributed by atoms with E-state index < -0.39 is 0 Å². The van der Waals surface area contributed by atoms with Crippen LogP contribution < -0.4 is 9.47 Å². The molecule has 2 rings (SSSR count). The van der Waals surface area contributed by atoms with Gasteiger partial charge >= 0.3 is 5.97 Å². The molecule has 0 bridgehead atoms. The molecule has 4 heteroatoms. The van der Waals surface area contributed by atoms with Crippen molar-refractivity contribution in [2.75, 3.05) is 20.8 Å². The molecule has 0 N–H and O–H groups in total. The molecule has 0 heterocycles. The van der Waals surface area contributed by atoms with Crippen molar-refractivity contribution in [2.24, 2.45) is 5.92 Å². The van der Waals surface area contributed by atoms with E-state index in [4.69, 9.17) is 14.2 Å². The first kappa shape index (κ1) is 17.9. The summed E-state index contributed by atoms with van der Waals surface area (Å²) in [5, 5.41) is 1.91. The zero-order valence-electron chi connectivity index (χ0n) is 14.9. The fourth-order valence-corrected chi connectivity index (χ4v) is 2.54. The van der Waals surface area contributed by atoms with Crippen molar-refractivity contribution in [3.05, 3.63) is 42.0 Å². The minimum atomic E-state index is -0.352. The first-order chi connectivity index (χ1) is 11.5. The van der Waals surface area contributed by atoms with Gasteiger partial charge in [-0.3, -0.25) is 0 Å². The summed E-state index contributed by atoms with van der Waals surface area (Å²) in [7, 11) is 3.26. The highest BCUT2D eigenvalue weighted by molar-refractivity contribution is 6.00. The Labute approximate surface area is 143 Å². The Morgan fingerprint density at radius 3 is 2.38 bits per heavy atom. The maximum atomic E-state index is 12.0. The van der Waals surface area contributed by atoms with Crippen LogP contribution in [0.3, 0.4) is 0 Å². The maximum Gasteiger partial charge on any atom is 0.331 e. The average Bonchev–Trinajstić information content (AvgIpc) is 2.58. The van der Waals surface area contributed by atoms with E-state index in [-0.39, 0.29) is 5.97 Å². The number of hydrogen-bond acceptors (Lipinski definition) is 4. The summed E-state index contributed by atoms with van der Waals surface area (Å²) in [6.45, 7) is 6.27. The second-order valence-electron chi connectivity index (χ2n) is 6.06. The molecule has 128 valence electrons. The fourth-order valence-electron chi connectivity index (χ4n) is 2.54. The van der Waals surface area contributed by atoms with Crippen LogP contribution in [-0.4, -0.2) is 26.8 Å². The van der Waals surface area contributed by atoms with Crippen LogP contribution in [0.4, 0.5) is 0 Å². The predicted molar refractivity (Wildman–Crippen MR) is 96.5 cm³/mol. The van der Waals surface area contributed by atoms with Crippen molar-refractivity contribution in [2.45, 2.75) is 20.8 Å². The number of benzene rings is 2. The van der Waals surface area contributed by atoms with Crippen LogP contribution in [0, 0.1) is 5.92 Å². The van der Waals surface area contributed by atoms with E-state index in [0.717, 1.165) is 33.4 Å². The molecule has 0 saturated heterocycles. The number of ether oxygens (including phenoxy) is 3. The van der Waals surface area contributed by atoms with E-state index in [1.807, 2.05) is 51.1 Å². The molecule has 0 aliphatic carbocycles. The SMILES string of the molecule is COc1cc(/C(C)=C/C(=O)OCC(C)C)c(OC)c2ccccc12. The van der Waals surface area contributed by atoms with Crippen molar-refractivity contribution >= 4 is 22.3 Å². The molecule has 24 heavy (non-hydrogen) atoms. The smallest absolute Gasteiger partial charge is 0.331 e. The van der Waals surface area contributed by atoms with Crippen LogP contribution in [0.1, 0.15) is 26.3 Å². The molecule has 0 spiro atoms. The molecule has 2 aromatic rings. The molecule has 0 saturated carbocycles. The lowest BCUT2D eigenvalue weighted by Gasteiger charge is -2.15. The van der Waals surface area contributed by atoms with Crippen LogP contribution in [0.15, 0.2) is 36.4 Å². The number of allylic oxidation sites excluding steroid dienone is 1. The Balaban J connectivity index is 2.49. The third-order valence-electron chi connectivity index (χ3n) is 3.70. The molecule has 0 aliphatic rings. The highest BCUT2D eigenvalue weighted by Gasteiger charge is 2.15. The first-order valence-corrected chi connectivity index (χ1v) is 7.97. The number of fused-ring (bicyclic) bond motifs is 1. The molecule has 4 nitrogen and oxygen atoms in total. The van der Waals surface area contributed by atoms with Crippen LogP contribution in [0.25, 0.3) is 16.3 Å². The Kier molecular flexibility index (Phi) is 5.85. The molecule has 0 atom stereocenters. The molecular weight excluding hydrogens is 304 g/mol. The van der Waals surface area contributed by atoms with Gasteiger partial charge in [-0.05, 0) is 24.5 Å². The summed E-state index contributed by atoms with van der Waals surface area (Å²) >= 11 is 0. The summed E-state index contributed by atoms with van der Waals surface area (Å²) in [6, 6.07) is 9.75. The fraction of sp³-hybridized carbons (Fsp3) is 0.350. The molecule has 0 radical (unpaired) electrons. The third kappa shape index (κ3) is 3.88. The maximum absolute atomic E-state index is 12.0. The second-order valence-corrected chi connectivity index (χ2v) is 6.06. The van der Waals surface area contributed by atoms with Crippen LogP contribution in [-0.2, 0) is 9.53 Å². The Bertz CT molecular complexity index is 760. The van der Waals surface area contributed by atoms with E-state index >= 15 is 0 Å². The second kappa shape index (κ2) is 7.86. The number of esters is 1. The minimum Gasteiger partial charge on any atom is -0.496 e. The Hall–Kier alpha value is -2.49. The quantitative estimate of drug-likeness (QED) is 0.580. The van der Waals surface area contributed by atoms with Crippen molar-refractivity contribution in [1.29, 1.82) is 0 Å². The van der Waals surface area contributed by atoms with Crippen LogP contribution in [0.5, 0.6) is 11.5 Å². The normalized spacial score (nSPS) is 11.7.